The fraction of sp³-hybridized carbons (Fsp3) is 0.526. The van der Waals surface area contributed by atoms with Gasteiger partial charge in [0.25, 0.3) is 0 Å². The lowest BCUT2D eigenvalue weighted by molar-refractivity contribution is 0.268. The van der Waals surface area contributed by atoms with Gasteiger partial charge in [0.15, 0.2) is 5.82 Å². The van der Waals surface area contributed by atoms with E-state index >= 15 is 0 Å². The minimum atomic E-state index is 0.332. The zero-order valence-electron chi connectivity index (χ0n) is 14.8. The number of benzene rings is 1. The fourth-order valence-corrected chi connectivity index (χ4v) is 4.71. The van der Waals surface area contributed by atoms with Crippen LogP contribution >= 0.6 is 11.3 Å². The van der Waals surface area contributed by atoms with Gasteiger partial charge >= 0.3 is 0 Å². The molecule has 0 spiro atoms. The highest BCUT2D eigenvalue weighted by Crippen LogP contribution is 2.31. The second-order valence-corrected chi connectivity index (χ2v) is 7.80. The Morgan fingerprint density at radius 2 is 1.80 bits per heavy atom. The average molecular weight is 356 g/mol. The topological polar surface area (TPSA) is 46.3 Å². The number of fused-ring (bicyclic) bond motifs is 1. The molecule has 0 saturated carbocycles. The highest BCUT2D eigenvalue weighted by atomic mass is 32.1. The zero-order valence-corrected chi connectivity index (χ0v) is 15.6. The molecule has 5 nitrogen and oxygen atoms in total. The molecule has 3 aromatic rings. The van der Waals surface area contributed by atoms with E-state index in [1.54, 1.807) is 11.3 Å². The summed E-state index contributed by atoms with van der Waals surface area (Å²) in [5.74, 6) is 1.31. The Hall–Kier alpha value is -1.79. The summed E-state index contributed by atoms with van der Waals surface area (Å²) in [5.41, 5.74) is 1.32. The van der Waals surface area contributed by atoms with E-state index in [2.05, 4.69) is 52.4 Å². The summed E-state index contributed by atoms with van der Waals surface area (Å²) in [6.07, 6.45) is 6.31. The predicted octanol–water partition coefficient (Wildman–Crippen LogP) is 4.10. The molecule has 0 amide bonds. The summed E-state index contributed by atoms with van der Waals surface area (Å²) in [6, 6.07) is 10.6. The minimum absolute atomic E-state index is 0.332. The normalized spacial score (nSPS) is 17.6. The van der Waals surface area contributed by atoms with Crippen LogP contribution in [-0.2, 0) is 6.54 Å². The monoisotopic (exact) mass is 355 g/mol. The van der Waals surface area contributed by atoms with Gasteiger partial charge in [-0.25, -0.2) is 0 Å². The number of aromatic nitrogens is 4. The summed E-state index contributed by atoms with van der Waals surface area (Å²) in [6.45, 7) is 5.39. The van der Waals surface area contributed by atoms with Crippen LogP contribution in [0, 0.1) is 0 Å². The number of likely N-dealkylation sites (tertiary alicyclic amines) is 1. The van der Waals surface area contributed by atoms with Crippen LogP contribution in [0.4, 0.5) is 0 Å². The van der Waals surface area contributed by atoms with E-state index in [1.165, 1.54) is 31.2 Å². The van der Waals surface area contributed by atoms with Crippen LogP contribution in [0.25, 0.3) is 4.96 Å². The Kier molecular flexibility index (Phi) is 5.08. The van der Waals surface area contributed by atoms with Crippen molar-refractivity contribution in [2.75, 3.05) is 13.1 Å². The molecule has 3 heterocycles. The molecule has 1 aliphatic heterocycles. The van der Waals surface area contributed by atoms with E-state index in [0.717, 1.165) is 41.8 Å². The summed E-state index contributed by atoms with van der Waals surface area (Å²) in [5, 5.41) is 14.8. The van der Waals surface area contributed by atoms with Crippen molar-refractivity contribution in [1.82, 2.24) is 24.7 Å². The molecule has 0 aliphatic carbocycles. The van der Waals surface area contributed by atoms with Crippen molar-refractivity contribution in [1.29, 1.82) is 0 Å². The minimum Gasteiger partial charge on any atom is -0.296 e. The third kappa shape index (κ3) is 3.60. The first-order chi connectivity index (χ1) is 12.3. The first-order valence-electron chi connectivity index (χ1n) is 9.33. The van der Waals surface area contributed by atoms with E-state index in [4.69, 9.17) is 5.10 Å². The lowest BCUT2D eigenvalue weighted by Gasteiger charge is -2.17. The Morgan fingerprint density at radius 3 is 2.52 bits per heavy atom. The fourth-order valence-electron chi connectivity index (χ4n) is 3.64. The molecule has 0 unspecified atom stereocenters. The van der Waals surface area contributed by atoms with Gasteiger partial charge in [-0.3, -0.25) is 4.90 Å². The van der Waals surface area contributed by atoms with Crippen molar-refractivity contribution in [2.24, 2.45) is 0 Å². The third-order valence-corrected chi connectivity index (χ3v) is 6.06. The molecule has 2 aromatic heterocycles. The molecular weight excluding hydrogens is 330 g/mol. The van der Waals surface area contributed by atoms with E-state index < -0.39 is 0 Å². The quantitative estimate of drug-likeness (QED) is 0.691. The number of nitrogens with zero attached hydrogens (tertiary/aromatic N) is 5. The van der Waals surface area contributed by atoms with Gasteiger partial charge in [-0.1, -0.05) is 61.4 Å². The lowest BCUT2D eigenvalue weighted by atomic mass is 9.97. The van der Waals surface area contributed by atoms with Gasteiger partial charge < -0.3 is 0 Å². The van der Waals surface area contributed by atoms with E-state index in [1.807, 2.05) is 4.52 Å². The van der Waals surface area contributed by atoms with Crippen molar-refractivity contribution < 1.29 is 0 Å². The maximum absolute atomic E-state index is 4.89. The van der Waals surface area contributed by atoms with E-state index in [-0.39, 0.29) is 0 Å². The molecular formula is C19H25N5S. The van der Waals surface area contributed by atoms with Crippen molar-refractivity contribution in [3.8, 4) is 0 Å². The van der Waals surface area contributed by atoms with Crippen LogP contribution in [-0.4, -0.2) is 37.8 Å². The molecule has 1 atom stereocenters. The molecule has 1 saturated heterocycles. The average Bonchev–Trinajstić information content (AvgIpc) is 3.10. The molecule has 0 bridgehead atoms. The largest absolute Gasteiger partial charge is 0.296 e. The molecule has 1 aliphatic rings. The summed E-state index contributed by atoms with van der Waals surface area (Å²) in [4.78, 5) is 3.41. The Labute approximate surface area is 152 Å². The van der Waals surface area contributed by atoms with Crippen molar-refractivity contribution >= 4 is 16.3 Å². The SMILES string of the molecule is CC[C@H](c1ccccc1)c1nn2c(CN3CCCCCC3)nnc2s1. The zero-order chi connectivity index (χ0) is 17.1. The number of hydrogen-bond acceptors (Lipinski definition) is 5. The highest BCUT2D eigenvalue weighted by molar-refractivity contribution is 7.16. The Balaban J connectivity index is 1.59. The van der Waals surface area contributed by atoms with Gasteiger partial charge in [0.1, 0.15) is 5.01 Å². The maximum atomic E-state index is 4.89. The summed E-state index contributed by atoms with van der Waals surface area (Å²) >= 11 is 1.67. The highest BCUT2D eigenvalue weighted by Gasteiger charge is 2.21. The second kappa shape index (κ2) is 7.62. The van der Waals surface area contributed by atoms with Crippen molar-refractivity contribution in [3.63, 3.8) is 0 Å². The molecule has 6 heteroatoms. The maximum Gasteiger partial charge on any atom is 0.234 e. The van der Waals surface area contributed by atoms with Gasteiger partial charge in [-0.05, 0) is 37.9 Å². The summed E-state index contributed by atoms with van der Waals surface area (Å²) in [7, 11) is 0. The first-order valence-corrected chi connectivity index (χ1v) is 10.1. The smallest absolute Gasteiger partial charge is 0.234 e. The molecule has 4 rings (SSSR count). The van der Waals surface area contributed by atoms with Gasteiger partial charge in [-0.15, -0.1) is 10.2 Å². The van der Waals surface area contributed by atoms with Crippen LogP contribution in [0.2, 0.25) is 0 Å². The van der Waals surface area contributed by atoms with Gasteiger partial charge in [0, 0.05) is 5.92 Å². The van der Waals surface area contributed by atoms with Crippen molar-refractivity contribution in [3.05, 3.63) is 46.7 Å². The molecule has 1 fully saturated rings. The summed E-state index contributed by atoms with van der Waals surface area (Å²) < 4.78 is 1.97. The van der Waals surface area contributed by atoms with Crippen LogP contribution in [0.1, 0.15) is 61.3 Å². The molecule has 25 heavy (non-hydrogen) atoms. The van der Waals surface area contributed by atoms with Gasteiger partial charge in [0.05, 0.1) is 6.54 Å². The van der Waals surface area contributed by atoms with Crippen LogP contribution in [0.15, 0.2) is 30.3 Å². The standard InChI is InChI=1S/C19H25N5S/c1-2-16(15-10-6-5-7-11-15)18-22-24-17(20-21-19(24)25-18)14-23-12-8-3-4-9-13-23/h5-7,10-11,16H,2-4,8-9,12-14H2,1H3/t16-/m1/s1. The Morgan fingerprint density at radius 1 is 1.04 bits per heavy atom. The molecule has 0 radical (unpaired) electrons. The Bertz CT molecular complexity index is 802. The van der Waals surface area contributed by atoms with Crippen LogP contribution < -0.4 is 0 Å². The first kappa shape index (κ1) is 16.7. The predicted molar refractivity (Wildman–Crippen MR) is 101 cm³/mol. The lowest BCUT2D eigenvalue weighted by Crippen LogP contribution is -2.25. The third-order valence-electron chi connectivity index (χ3n) is 5.04. The van der Waals surface area contributed by atoms with E-state index in [9.17, 15) is 0 Å². The molecule has 132 valence electrons. The van der Waals surface area contributed by atoms with E-state index in [0.29, 0.717) is 5.92 Å². The second-order valence-electron chi connectivity index (χ2n) is 6.81. The van der Waals surface area contributed by atoms with Gasteiger partial charge in [-0.2, -0.15) is 9.61 Å². The van der Waals surface area contributed by atoms with Crippen LogP contribution in [0.3, 0.4) is 0 Å². The molecule has 0 N–H and O–H groups in total. The van der Waals surface area contributed by atoms with Gasteiger partial charge in [0.2, 0.25) is 4.96 Å². The number of hydrogen-bond donors (Lipinski definition) is 0. The molecule has 1 aromatic carbocycles. The van der Waals surface area contributed by atoms with Crippen molar-refractivity contribution in [2.45, 2.75) is 51.5 Å². The number of rotatable bonds is 5. The van der Waals surface area contributed by atoms with Crippen LogP contribution in [0.5, 0.6) is 0 Å².